The van der Waals surface area contributed by atoms with Gasteiger partial charge in [-0.2, -0.15) is 0 Å². The molecule has 0 bridgehead atoms. The Morgan fingerprint density at radius 1 is 1.60 bits per heavy atom. The highest BCUT2D eigenvalue weighted by Crippen LogP contribution is 2.22. The molecule has 2 N–H and O–H groups in total. The number of carbonyl (C=O) groups is 1. The fourth-order valence-corrected chi connectivity index (χ4v) is 1.34. The fraction of sp³-hybridized carbons (Fsp3) is 0.364. The summed E-state index contributed by atoms with van der Waals surface area (Å²) in [7, 11) is 1.40. The van der Waals surface area contributed by atoms with E-state index >= 15 is 0 Å². The van der Waals surface area contributed by atoms with Crippen molar-refractivity contribution in [1.82, 2.24) is 0 Å². The molecule has 0 aliphatic heterocycles. The molecule has 4 heteroatoms. The van der Waals surface area contributed by atoms with Gasteiger partial charge in [-0.3, -0.25) is 4.79 Å². The minimum Gasteiger partial charge on any atom is -0.496 e. The van der Waals surface area contributed by atoms with Crippen LogP contribution in [-0.2, 0) is 0 Å². The number of benzene rings is 1. The van der Waals surface area contributed by atoms with E-state index in [0.717, 1.165) is 0 Å². The quantitative estimate of drug-likeness (QED) is 0.772. The summed E-state index contributed by atoms with van der Waals surface area (Å²) in [5, 5.41) is 0. The molecule has 0 saturated carbocycles. The highest BCUT2D eigenvalue weighted by molar-refractivity contribution is 5.99. The summed E-state index contributed by atoms with van der Waals surface area (Å²) in [6, 6.07) is 3.99. The number of rotatable bonds is 4. The fourth-order valence-electron chi connectivity index (χ4n) is 1.34. The molecule has 1 rings (SSSR count). The summed E-state index contributed by atoms with van der Waals surface area (Å²) in [6.45, 7) is 1.70. The van der Waals surface area contributed by atoms with Crippen LogP contribution in [-0.4, -0.2) is 18.9 Å². The Morgan fingerprint density at radius 2 is 2.27 bits per heavy atom. The Morgan fingerprint density at radius 3 is 2.80 bits per heavy atom. The molecule has 1 aromatic carbocycles. The van der Waals surface area contributed by atoms with Crippen LogP contribution in [0.4, 0.5) is 4.39 Å². The normalized spacial score (nSPS) is 12.3. The lowest BCUT2D eigenvalue weighted by Crippen LogP contribution is -2.20. The van der Waals surface area contributed by atoms with Gasteiger partial charge in [0.1, 0.15) is 11.6 Å². The third kappa shape index (κ3) is 2.76. The second-order valence-corrected chi connectivity index (χ2v) is 3.42. The van der Waals surface area contributed by atoms with E-state index in [2.05, 4.69) is 0 Å². The number of ketones is 1. The van der Waals surface area contributed by atoms with Crippen molar-refractivity contribution in [3.8, 4) is 5.75 Å². The van der Waals surface area contributed by atoms with Gasteiger partial charge in [0.15, 0.2) is 5.78 Å². The van der Waals surface area contributed by atoms with Crippen LogP contribution in [0.5, 0.6) is 5.75 Å². The van der Waals surface area contributed by atoms with Gasteiger partial charge in [0, 0.05) is 12.5 Å². The second-order valence-electron chi connectivity index (χ2n) is 3.42. The lowest BCUT2D eigenvalue weighted by molar-refractivity contribution is 0.0969. The summed E-state index contributed by atoms with van der Waals surface area (Å²) in [4.78, 5) is 11.7. The molecule has 0 fully saturated rings. The Hall–Kier alpha value is -1.42. The molecule has 1 atom stereocenters. The monoisotopic (exact) mass is 211 g/mol. The van der Waals surface area contributed by atoms with Crippen molar-refractivity contribution in [2.75, 3.05) is 7.11 Å². The zero-order chi connectivity index (χ0) is 11.4. The van der Waals surface area contributed by atoms with Gasteiger partial charge in [-0.1, -0.05) is 6.07 Å². The number of halogens is 1. The second kappa shape index (κ2) is 4.89. The van der Waals surface area contributed by atoms with Crippen LogP contribution in [0.1, 0.15) is 23.7 Å². The molecular formula is C11H14FNO2. The van der Waals surface area contributed by atoms with Crippen molar-refractivity contribution in [1.29, 1.82) is 0 Å². The van der Waals surface area contributed by atoms with Gasteiger partial charge in [0.2, 0.25) is 0 Å². The molecule has 0 saturated heterocycles. The average Bonchev–Trinajstić information content (AvgIpc) is 2.15. The van der Waals surface area contributed by atoms with Crippen LogP contribution in [0.2, 0.25) is 0 Å². The zero-order valence-corrected chi connectivity index (χ0v) is 8.79. The standard InChI is InChI=1S/C11H14FNO2/c1-7(13)6-9(14)11-8(12)4-3-5-10(11)15-2/h3-5,7H,6,13H2,1-2H3. The molecule has 0 aromatic heterocycles. The number of hydrogen-bond acceptors (Lipinski definition) is 3. The first-order chi connectivity index (χ1) is 7.06. The SMILES string of the molecule is COc1cccc(F)c1C(=O)CC(C)N. The van der Waals surface area contributed by atoms with Crippen molar-refractivity contribution < 1.29 is 13.9 Å². The minimum atomic E-state index is -0.569. The Kier molecular flexibility index (Phi) is 3.80. The Bertz CT molecular complexity index is 364. The molecule has 0 heterocycles. The third-order valence-corrected chi connectivity index (χ3v) is 1.98. The van der Waals surface area contributed by atoms with Crippen molar-refractivity contribution in [2.45, 2.75) is 19.4 Å². The van der Waals surface area contributed by atoms with Gasteiger partial charge in [0.05, 0.1) is 12.7 Å². The van der Waals surface area contributed by atoms with E-state index in [9.17, 15) is 9.18 Å². The predicted molar refractivity (Wildman–Crippen MR) is 55.5 cm³/mol. The van der Waals surface area contributed by atoms with Crippen molar-refractivity contribution in [3.63, 3.8) is 0 Å². The lowest BCUT2D eigenvalue weighted by atomic mass is 10.0. The van der Waals surface area contributed by atoms with Crippen LogP contribution in [0.3, 0.4) is 0 Å². The van der Waals surface area contributed by atoms with Gasteiger partial charge < -0.3 is 10.5 Å². The predicted octanol–water partition coefficient (Wildman–Crippen LogP) is 1.75. The van der Waals surface area contributed by atoms with Crippen LogP contribution in [0, 0.1) is 5.82 Å². The molecule has 82 valence electrons. The van der Waals surface area contributed by atoms with E-state index in [1.165, 1.54) is 19.2 Å². The highest BCUT2D eigenvalue weighted by atomic mass is 19.1. The van der Waals surface area contributed by atoms with Crippen LogP contribution in [0.25, 0.3) is 0 Å². The lowest BCUT2D eigenvalue weighted by Gasteiger charge is -2.09. The number of Topliss-reactive ketones (excluding diaryl/α,β-unsaturated/α-hetero) is 1. The molecule has 3 nitrogen and oxygen atoms in total. The molecule has 0 spiro atoms. The maximum Gasteiger partial charge on any atom is 0.171 e. The number of nitrogens with two attached hydrogens (primary N) is 1. The number of hydrogen-bond donors (Lipinski definition) is 1. The molecule has 1 unspecified atom stereocenters. The Labute approximate surface area is 88.0 Å². The summed E-state index contributed by atoms with van der Waals surface area (Å²) >= 11 is 0. The van der Waals surface area contributed by atoms with E-state index in [0.29, 0.717) is 0 Å². The molecule has 1 aromatic rings. The summed E-state index contributed by atoms with van der Waals surface area (Å²) < 4.78 is 18.3. The molecule has 0 aliphatic rings. The maximum absolute atomic E-state index is 13.4. The molecule has 15 heavy (non-hydrogen) atoms. The van der Waals surface area contributed by atoms with Crippen LogP contribution >= 0.6 is 0 Å². The molecule has 0 aliphatic carbocycles. The van der Waals surface area contributed by atoms with Gasteiger partial charge in [0.25, 0.3) is 0 Å². The smallest absolute Gasteiger partial charge is 0.171 e. The Balaban J connectivity index is 3.06. The van der Waals surface area contributed by atoms with Crippen molar-refractivity contribution >= 4 is 5.78 Å². The summed E-state index contributed by atoms with van der Waals surface area (Å²) in [5.74, 6) is -0.652. The zero-order valence-electron chi connectivity index (χ0n) is 8.79. The largest absolute Gasteiger partial charge is 0.496 e. The van der Waals surface area contributed by atoms with Gasteiger partial charge >= 0.3 is 0 Å². The van der Waals surface area contributed by atoms with Crippen LogP contribution < -0.4 is 10.5 Å². The molecular weight excluding hydrogens is 197 g/mol. The summed E-state index contributed by atoms with van der Waals surface area (Å²) in [5.41, 5.74) is 5.47. The number of carbonyl (C=O) groups excluding carboxylic acids is 1. The maximum atomic E-state index is 13.4. The van der Waals surface area contributed by atoms with E-state index in [1.807, 2.05) is 0 Å². The highest BCUT2D eigenvalue weighted by Gasteiger charge is 2.18. The first-order valence-corrected chi connectivity index (χ1v) is 4.67. The van der Waals surface area contributed by atoms with E-state index < -0.39 is 5.82 Å². The minimum absolute atomic E-state index is 0.0164. The number of ether oxygens (including phenoxy) is 1. The van der Waals surface area contributed by atoms with Gasteiger partial charge in [-0.05, 0) is 19.1 Å². The number of methoxy groups -OCH3 is 1. The van der Waals surface area contributed by atoms with Crippen molar-refractivity contribution in [2.24, 2.45) is 5.73 Å². The first kappa shape index (κ1) is 11.7. The van der Waals surface area contributed by atoms with Crippen molar-refractivity contribution in [3.05, 3.63) is 29.6 Å². The topological polar surface area (TPSA) is 52.3 Å². The average molecular weight is 211 g/mol. The molecule has 0 amide bonds. The van der Waals surface area contributed by atoms with E-state index in [1.54, 1.807) is 13.0 Å². The molecule has 0 radical (unpaired) electrons. The van der Waals surface area contributed by atoms with E-state index in [4.69, 9.17) is 10.5 Å². The van der Waals surface area contributed by atoms with E-state index in [-0.39, 0.29) is 29.6 Å². The van der Waals surface area contributed by atoms with Gasteiger partial charge in [-0.25, -0.2) is 4.39 Å². The van der Waals surface area contributed by atoms with Gasteiger partial charge in [-0.15, -0.1) is 0 Å². The summed E-state index contributed by atoms with van der Waals surface area (Å²) in [6.07, 6.45) is 0.108. The first-order valence-electron chi connectivity index (χ1n) is 4.67. The third-order valence-electron chi connectivity index (χ3n) is 1.98. The van der Waals surface area contributed by atoms with Crippen LogP contribution in [0.15, 0.2) is 18.2 Å².